The van der Waals surface area contributed by atoms with E-state index in [4.69, 9.17) is 0 Å². The Morgan fingerprint density at radius 3 is 2.75 bits per heavy atom. The molecule has 1 nitrogen and oxygen atoms in total. The number of hydrogen-bond donors (Lipinski definition) is 1. The molecule has 1 aromatic carbocycles. The van der Waals surface area contributed by atoms with Gasteiger partial charge in [-0.15, -0.1) is 0 Å². The number of nitrogens with one attached hydrogen (secondary N) is 1. The second-order valence-corrected chi connectivity index (χ2v) is 4.81. The quantitative estimate of drug-likeness (QED) is 0.823. The SMILES string of the molecule is Cc1ccc(F)c(CNC2CCCCC2)c1. The molecule has 88 valence electrons. The summed E-state index contributed by atoms with van der Waals surface area (Å²) >= 11 is 0. The Morgan fingerprint density at radius 1 is 1.25 bits per heavy atom. The molecular weight excluding hydrogens is 201 g/mol. The molecule has 16 heavy (non-hydrogen) atoms. The monoisotopic (exact) mass is 221 g/mol. The average Bonchev–Trinajstić information content (AvgIpc) is 2.32. The van der Waals surface area contributed by atoms with Gasteiger partial charge in [-0.25, -0.2) is 4.39 Å². The summed E-state index contributed by atoms with van der Waals surface area (Å²) in [5.74, 6) is -0.0890. The van der Waals surface area contributed by atoms with Crippen molar-refractivity contribution in [2.24, 2.45) is 0 Å². The summed E-state index contributed by atoms with van der Waals surface area (Å²) in [5.41, 5.74) is 1.92. The fourth-order valence-electron chi connectivity index (χ4n) is 2.40. The zero-order valence-corrected chi connectivity index (χ0v) is 9.93. The van der Waals surface area contributed by atoms with Crippen LogP contribution in [-0.2, 0) is 6.54 Å². The lowest BCUT2D eigenvalue weighted by Gasteiger charge is -2.23. The normalized spacial score (nSPS) is 17.6. The van der Waals surface area contributed by atoms with Gasteiger partial charge in [-0.05, 0) is 25.8 Å². The molecule has 0 amide bonds. The average molecular weight is 221 g/mol. The van der Waals surface area contributed by atoms with E-state index < -0.39 is 0 Å². The molecule has 1 saturated carbocycles. The number of benzene rings is 1. The summed E-state index contributed by atoms with van der Waals surface area (Å²) in [5, 5.41) is 3.47. The Kier molecular flexibility index (Phi) is 3.94. The summed E-state index contributed by atoms with van der Waals surface area (Å²) in [6.07, 6.45) is 6.47. The van der Waals surface area contributed by atoms with E-state index in [1.54, 1.807) is 6.07 Å². The van der Waals surface area contributed by atoms with Gasteiger partial charge in [0.25, 0.3) is 0 Å². The lowest BCUT2D eigenvalue weighted by atomic mass is 9.95. The molecule has 2 heteroatoms. The summed E-state index contributed by atoms with van der Waals surface area (Å²) in [6, 6.07) is 5.91. The third kappa shape index (κ3) is 3.05. The van der Waals surface area contributed by atoms with Crippen LogP contribution in [0.3, 0.4) is 0 Å². The minimum Gasteiger partial charge on any atom is -0.310 e. The predicted molar refractivity (Wildman–Crippen MR) is 64.8 cm³/mol. The van der Waals surface area contributed by atoms with Crippen molar-refractivity contribution in [1.29, 1.82) is 0 Å². The second-order valence-electron chi connectivity index (χ2n) is 4.81. The molecule has 0 unspecified atom stereocenters. The van der Waals surface area contributed by atoms with Crippen molar-refractivity contribution in [2.75, 3.05) is 0 Å². The van der Waals surface area contributed by atoms with E-state index in [-0.39, 0.29) is 5.82 Å². The van der Waals surface area contributed by atoms with E-state index in [1.807, 2.05) is 19.1 Å². The van der Waals surface area contributed by atoms with E-state index in [9.17, 15) is 4.39 Å². The Balaban J connectivity index is 1.90. The van der Waals surface area contributed by atoms with Crippen LogP contribution in [0.25, 0.3) is 0 Å². The van der Waals surface area contributed by atoms with Crippen LogP contribution in [0.2, 0.25) is 0 Å². The third-order valence-electron chi connectivity index (χ3n) is 3.39. The van der Waals surface area contributed by atoms with Crippen LogP contribution >= 0.6 is 0 Å². The van der Waals surface area contributed by atoms with E-state index in [0.29, 0.717) is 12.6 Å². The van der Waals surface area contributed by atoms with Gasteiger partial charge < -0.3 is 5.32 Å². The molecule has 0 atom stereocenters. The van der Waals surface area contributed by atoms with Crippen LogP contribution in [0.1, 0.15) is 43.2 Å². The summed E-state index contributed by atoms with van der Waals surface area (Å²) in [7, 11) is 0. The largest absolute Gasteiger partial charge is 0.310 e. The van der Waals surface area contributed by atoms with Gasteiger partial charge in [0.1, 0.15) is 5.82 Å². The summed E-state index contributed by atoms with van der Waals surface area (Å²) < 4.78 is 13.5. The molecule has 0 bridgehead atoms. The second kappa shape index (κ2) is 5.44. The maximum absolute atomic E-state index is 13.5. The van der Waals surface area contributed by atoms with E-state index >= 15 is 0 Å². The molecule has 0 saturated heterocycles. The number of hydrogen-bond acceptors (Lipinski definition) is 1. The molecule has 1 aliphatic rings. The van der Waals surface area contributed by atoms with Gasteiger partial charge >= 0.3 is 0 Å². The van der Waals surface area contributed by atoms with E-state index in [0.717, 1.165) is 11.1 Å². The Morgan fingerprint density at radius 2 is 2.00 bits per heavy atom. The van der Waals surface area contributed by atoms with E-state index in [2.05, 4.69) is 5.32 Å². The minimum atomic E-state index is -0.0890. The zero-order valence-electron chi connectivity index (χ0n) is 9.93. The first kappa shape index (κ1) is 11.6. The molecule has 1 aliphatic carbocycles. The van der Waals surface area contributed by atoms with Crippen molar-refractivity contribution >= 4 is 0 Å². The van der Waals surface area contributed by atoms with Crippen molar-refractivity contribution < 1.29 is 4.39 Å². The molecule has 0 spiro atoms. The van der Waals surface area contributed by atoms with Crippen LogP contribution in [0.5, 0.6) is 0 Å². The summed E-state index contributed by atoms with van der Waals surface area (Å²) in [4.78, 5) is 0. The van der Waals surface area contributed by atoms with Gasteiger partial charge in [0, 0.05) is 18.2 Å². The highest BCUT2D eigenvalue weighted by Crippen LogP contribution is 2.18. The highest BCUT2D eigenvalue weighted by molar-refractivity contribution is 5.23. The topological polar surface area (TPSA) is 12.0 Å². The lowest BCUT2D eigenvalue weighted by molar-refractivity contribution is 0.370. The van der Waals surface area contributed by atoms with Crippen LogP contribution in [0.4, 0.5) is 4.39 Å². The van der Waals surface area contributed by atoms with Crippen LogP contribution in [-0.4, -0.2) is 6.04 Å². The van der Waals surface area contributed by atoms with Gasteiger partial charge in [0.05, 0.1) is 0 Å². The van der Waals surface area contributed by atoms with Crippen molar-refractivity contribution in [2.45, 2.75) is 51.6 Å². The molecule has 1 N–H and O–H groups in total. The van der Waals surface area contributed by atoms with Crippen LogP contribution in [0.15, 0.2) is 18.2 Å². The van der Waals surface area contributed by atoms with Crippen molar-refractivity contribution in [3.8, 4) is 0 Å². The van der Waals surface area contributed by atoms with Gasteiger partial charge in [0.2, 0.25) is 0 Å². The Hall–Kier alpha value is -0.890. The first-order chi connectivity index (χ1) is 7.75. The first-order valence-electron chi connectivity index (χ1n) is 6.24. The Labute approximate surface area is 97.1 Å². The predicted octanol–water partition coefficient (Wildman–Crippen LogP) is 3.56. The summed E-state index contributed by atoms with van der Waals surface area (Å²) in [6.45, 7) is 2.67. The van der Waals surface area contributed by atoms with Crippen molar-refractivity contribution in [3.63, 3.8) is 0 Å². The molecule has 0 radical (unpaired) electrons. The molecule has 1 fully saturated rings. The van der Waals surface area contributed by atoms with E-state index in [1.165, 1.54) is 32.1 Å². The highest BCUT2D eigenvalue weighted by atomic mass is 19.1. The maximum atomic E-state index is 13.5. The lowest BCUT2D eigenvalue weighted by Crippen LogP contribution is -2.30. The standard InChI is InChI=1S/C14H20FN/c1-11-7-8-14(15)12(9-11)10-16-13-5-3-2-4-6-13/h7-9,13,16H,2-6,10H2,1H3. The molecular formula is C14H20FN. The van der Waals surface area contributed by atoms with Crippen molar-refractivity contribution in [1.82, 2.24) is 5.32 Å². The fourth-order valence-corrected chi connectivity index (χ4v) is 2.40. The highest BCUT2D eigenvalue weighted by Gasteiger charge is 2.13. The van der Waals surface area contributed by atoms with Gasteiger partial charge in [-0.2, -0.15) is 0 Å². The smallest absolute Gasteiger partial charge is 0.127 e. The molecule has 2 rings (SSSR count). The van der Waals surface area contributed by atoms with Crippen molar-refractivity contribution in [3.05, 3.63) is 35.1 Å². The first-order valence-corrected chi connectivity index (χ1v) is 6.24. The molecule has 1 aromatic rings. The van der Waals surface area contributed by atoms with Gasteiger partial charge in [-0.1, -0.05) is 37.0 Å². The third-order valence-corrected chi connectivity index (χ3v) is 3.39. The van der Waals surface area contributed by atoms with Gasteiger partial charge in [-0.3, -0.25) is 0 Å². The number of aryl methyl sites for hydroxylation is 1. The maximum Gasteiger partial charge on any atom is 0.127 e. The fraction of sp³-hybridized carbons (Fsp3) is 0.571. The zero-order chi connectivity index (χ0) is 11.4. The number of rotatable bonds is 3. The Bertz CT molecular complexity index is 343. The van der Waals surface area contributed by atoms with Gasteiger partial charge in [0.15, 0.2) is 0 Å². The molecule has 0 heterocycles. The number of halogens is 1. The molecule has 0 aliphatic heterocycles. The van der Waals surface area contributed by atoms with Crippen LogP contribution in [0, 0.1) is 12.7 Å². The van der Waals surface area contributed by atoms with Crippen LogP contribution < -0.4 is 5.32 Å². The minimum absolute atomic E-state index is 0.0890. The molecule has 0 aromatic heterocycles.